The van der Waals surface area contributed by atoms with Crippen LogP contribution in [-0.4, -0.2) is 21.9 Å². The third-order valence-corrected chi connectivity index (χ3v) is 2.64. The highest BCUT2D eigenvalue weighted by molar-refractivity contribution is 6.32. The monoisotopic (exact) mass is 262 g/mol. The summed E-state index contributed by atoms with van der Waals surface area (Å²) in [6, 6.07) is 2.95. The van der Waals surface area contributed by atoms with Crippen molar-refractivity contribution in [2.45, 2.75) is 13.1 Å². The Labute approximate surface area is 98.6 Å². The number of aromatic amines is 1. The van der Waals surface area contributed by atoms with Gasteiger partial charge in [0.25, 0.3) is 0 Å². The molecule has 7 heteroatoms. The van der Waals surface area contributed by atoms with Gasteiger partial charge in [0.15, 0.2) is 5.82 Å². The number of hydrogen-bond donors (Lipinski definition) is 1. The van der Waals surface area contributed by atoms with E-state index < -0.39 is 17.8 Å². The number of rotatable bonds is 1. The Morgan fingerprint density at radius 2 is 2.06 bits per heavy atom. The summed E-state index contributed by atoms with van der Waals surface area (Å²) in [4.78, 5) is 16.9. The van der Waals surface area contributed by atoms with Crippen molar-refractivity contribution in [2.75, 3.05) is 0 Å². The summed E-state index contributed by atoms with van der Waals surface area (Å²) in [6.45, 7) is 1.70. The second-order valence-electron chi connectivity index (χ2n) is 3.53. The van der Waals surface area contributed by atoms with Gasteiger partial charge < -0.3 is 4.98 Å². The fourth-order valence-electron chi connectivity index (χ4n) is 1.38. The fraction of sp³-hybridized carbons (Fsp3) is 0.200. The molecule has 2 aromatic rings. The Balaban J connectivity index is 2.56. The van der Waals surface area contributed by atoms with Crippen LogP contribution in [0.25, 0.3) is 11.0 Å². The number of halogens is 4. The van der Waals surface area contributed by atoms with Gasteiger partial charge in [-0.25, -0.2) is 4.98 Å². The number of nitrogens with zero attached hydrogens (tertiary/aromatic N) is 1. The van der Waals surface area contributed by atoms with Crippen molar-refractivity contribution in [1.29, 1.82) is 0 Å². The van der Waals surface area contributed by atoms with Gasteiger partial charge in [-0.2, -0.15) is 13.2 Å². The molecule has 0 saturated carbocycles. The molecular formula is C10H6ClF3N2O. The van der Waals surface area contributed by atoms with Crippen LogP contribution >= 0.6 is 11.6 Å². The Morgan fingerprint density at radius 3 is 2.65 bits per heavy atom. The van der Waals surface area contributed by atoms with Crippen molar-refractivity contribution in [3.8, 4) is 0 Å². The predicted molar refractivity (Wildman–Crippen MR) is 56.2 cm³/mol. The Hall–Kier alpha value is -1.56. The second kappa shape index (κ2) is 3.73. The van der Waals surface area contributed by atoms with Gasteiger partial charge >= 0.3 is 12.0 Å². The van der Waals surface area contributed by atoms with Gasteiger partial charge in [0.05, 0.1) is 11.0 Å². The highest BCUT2D eigenvalue weighted by Crippen LogP contribution is 2.25. The number of fused-ring (bicyclic) bond motifs is 1. The summed E-state index contributed by atoms with van der Waals surface area (Å²) < 4.78 is 36.6. The van der Waals surface area contributed by atoms with Crippen LogP contribution in [0.15, 0.2) is 12.1 Å². The van der Waals surface area contributed by atoms with Crippen LogP contribution in [-0.2, 0) is 0 Å². The molecule has 2 rings (SSSR count). The number of nitrogens with one attached hydrogen (secondary N) is 1. The van der Waals surface area contributed by atoms with Crippen LogP contribution < -0.4 is 0 Å². The number of carbonyl (C=O) groups is 1. The number of H-pyrrole nitrogens is 1. The molecule has 0 radical (unpaired) electrons. The van der Waals surface area contributed by atoms with Gasteiger partial charge in [0.1, 0.15) is 0 Å². The van der Waals surface area contributed by atoms with Crippen LogP contribution in [0.1, 0.15) is 16.2 Å². The summed E-state index contributed by atoms with van der Waals surface area (Å²) in [5.74, 6) is -2.73. The molecule has 0 fully saturated rings. The van der Waals surface area contributed by atoms with E-state index in [1.807, 2.05) is 0 Å². The molecule has 0 amide bonds. The maximum atomic E-state index is 12.2. The van der Waals surface area contributed by atoms with E-state index in [1.165, 1.54) is 12.1 Å². The first kappa shape index (κ1) is 11.9. The molecule has 0 unspecified atom stereocenters. The van der Waals surface area contributed by atoms with Crippen LogP contribution in [0.5, 0.6) is 0 Å². The zero-order chi connectivity index (χ0) is 12.8. The molecule has 1 N–H and O–H groups in total. The summed E-state index contributed by atoms with van der Waals surface area (Å²) in [6.07, 6.45) is -4.94. The van der Waals surface area contributed by atoms with E-state index >= 15 is 0 Å². The molecule has 0 bridgehead atoms. The van der Waals surface area contributed by atoms with Crippen molar-refractivity contribution in [3.63, 3.8) is 0 Å². The van der Waals surface area contributed by atoms with Gasteiger partial charge in [0, 0.05) is 5.02 Å². The summed E-state index contributed by atoms with van der Waals surface area (Å²) >= 11 is 5.81. The van der Waals surface area contributed by atoms with Crippen molar-refractivity contribution in [3.05, 3.63) is 28.5 Å². The van der Waals surface area contributed by atoms with Gasteiger partial charge in [-0.1, -0.05) is 11.6 Å². The normalized spacial score (nSPS) is 12.1. The number of Topliss-reactive ketones (excluding diaryl/α,β-unsaturated/α-hetero) is 1. The quantitative estimate of drug-likeness (QED) is 0.802. The molecule has 0 aliphatic heterocycles. The van der Waals surface area contributed by atoms with Crippen LogP contribution in [0.3, 0.4) is 0 Å². The molecule has 0 aliphatic rings. The number of hydrogen-bond acceptors (Lipinski definition) is 2. The molecule has 17 heavy (non-hydrogen) atoms. The van der Waals surface area contributed by atoms with E-state index in [9.17, 15) is 18.0 Å². The van der Waals surface area contributed by atoms with Crippen LogP contribution in [0, 0.1) is 6.92 Å². The smallest absolute Gasteiger partial charge is 0.335 e. The van der Waals surface area contributed by atoms with Crippen molar-refractivity contribution < 1.29 is 18.0 Å². The molecule has 90 valence electrons. The Kier molecular flexibility index (Phi) is 2.61. The molecule has 0 aliphatic carbocycles. The largest absolute Gasteiger partial charge is 0.458 e. The number of aryl methyl sites for hydroxylation is 1. The first-order valence-corrected chi connectivity index (χ1v) is 4.94. The van der Waals surface area contributed by atoms with Gasteiger partial charge in [-0.15, -0.1) is 0 Å². The molecular weight excluding hydrogens is 257 g/mol. The van der Waals surface area contributed by atoms with E-state index in [1.54, 1.807) is 6.92 Å². The number of imidazole rings is 1. The maximum absolute atomic E-state index is 12.2. The lowest BCUT2D eigenvalue weighted by molar-refractivity contribution is -0.0890. The number of carbonyl (C=O) groups excluding carboxylic acids is 1. The number of benzene rings is 1. The molecule has 0 atom stereocenters. The minimum Gasteiger partial charge on any atom is -0.335 e. The molecule has 1 aromatic heterocycles. The van der Waals surface area contributed by atoms with E-state index in [-0.39, 0.29) is 5.52 Å². The topological polar surface area (TPSA) is 45.8 Å². The van der Waals surface area contributed by atoms with Crippen molar-refractivity contribution in [2.24, 2.45) is 0 Å². The number of ketones is 1. The second-order valence-corrected chi connectivity index (χ2v) is 3.94. The highest BCUT2D eigenvalue weighted by Gasteiger charge is 2.41. The highest BCUT2D eigenvalue weighted by atomic mass is 35.5. The number of alkyl halides is 3. The number of aromatic nitrogens is 2. The minimum absolute atomic E-state index is 0.230. The SMILES string of the molecule is Cc1cc2[nH]c(C(=O)C(F)(F)F)nc2cc1Cl. The lowest BCUT2D eigenvalue weighted by Crippen LogP contribution is -2.23. The summed E-state index contributed by atoms with van der Waals surface area (Å²) in [7, 11) is 0. The Bertz CT molecular complexity index is 564. The van der Waals surface area contributed by atoms with Gasteiger partial charge in [-0.05, 0) is 24.6 Å². The average Bonchev–Trinajstić information content (AvgIpc) is 2.59. The van der Waals surface area contributed by atoms with Crippen molar-refractivity contribution >= 4 is 28.4 Å². The summed E-state index contributed by atoms with van der Waals surface area (Å²) in [5.41, 5.74) is 1.27. The third-order valence-electron chi connectivity index (χ3n) is 2.23. The molecule has 0 spiro atoms. The third kappa shape index (κ3) is 2.12. The van der Waals surface area contributed by atoms with Gasteiger partial charge in [-0.3, -0.25) is 4.79 Å². The molecule has 3 nitrogen and oxygen atoms in total. The minimum atomic E-state index is -4.94. The van der Waals surface area contributed by atoms with Crippen LogP contribution in [0.4, 0.5) is 13.2 Å². The first-order chi connectivity index (χ1) is 7.79. The van der Waals surface area contributed by atoms with Gasteiger partial charge in [0.2, 0.25) is 0 Å². The fourth-order valence-corrected chi connectivity index (χ4v) is 1.54. The molecule has 0 saturated heterocycles. The van der Waals surface area contributed by atoms with E-state index in [0.717, 1.165) is 0 Å². The van der Waals surface area contributed by atoms with Crippen molar-refractivity contribution in [1.82, 2.24) is 9.97 Å². The first-order valence-electron chi connectivity index (χ1n) is 4.56. The zero-order valence-corrected chi connectivity index (χ0v) is 9.28. The Morgan fingerprint density at radius 1 is 1.41 bits per heavy atom. The molecule has 1 heterocycles. The lowest BCUT2D eigenvalue weighted by Gasteiger charge is -2.00. The maximum Gasteiger partial charge on any atom is 0.458 e. The zero-order valence-electron chi connectivity index (χ0n) is 8.52. The standard InChI is InChI=1S/C10H6ClF3N2O/c1-4-2-6-7(3-5(4)11)16-9(15-6)8(17)10(12,13)14/h2-3H,1H3,(H,15,16). The average molecular weight is 263 g/mol. The van der Waals surface area contributed by atoms with Crippen LogP contribution in [0.2, 0.25) is 5.02 Å². The summed E-state index contributed by atoms with van der Waals surface area (Å²) in [5, 5.41) is 0.384. The lowest BCUT2D eigenvalue weighted by atomic mass is 10.2. The van der Waals surface area contributed by atoms with E-state index in [0.29, 0.717) is 16.1 Å². The predicted octanol–water partition coefficient (Wildman–Crippen LogP) is 3.27. The van der Waals surface area contributed by atoms with E-state index in [2.05, 4.69) is 9.97 Å². The molecule has 1 aromatic carbocycles. The van der Waals surface area contributed by atoms with E-state index in [4.69, 9.17) is 11.6 Å².